The van der Waals surface area contributed by atoms with Crippen LogP contribution in [0.4, 0.5) is 10.5 Å². The molecule has 8 heteroatoms. The van der Waals surface area contributed by atoms with Crippen LogP contribution in [0.3, 0.4) is 0 Å². The first-order chi connectivity index (χ1) is 11.7. The molecule has 2 rings (SSSR count). The monoisotopic (exact) mass is 332 g/mol. The van der Waals surface area contributed by atoms with Crippen molar-refractivity contribution in [2.45, 2.75) is 6.42 Å². The third-order valence-corrected chi connectivity index (χ3v) is 3.24. The summed E-state index contributed by atoms with van der Waals surface area (Å²) in [7, 11) is 4.56. The van der Waals surface area contributed by atoms with Crippen molar-refractivity contribution >= 4 is 11.7 Å². The largest absolute Gasteiger partial charge is 0.493 e. The van der Waals surface area contributed by atoms with Crippen molar-refractivity contribution in [2.75, 3.05) is 33.2 Å². The van der Waals surface area contributed by atoms with Crippen LogP contribution in [0.1, 0.15) is 5.56 Å². The van der Waals surface area contributed by atoms with E-state index in [4.69, 9.17) is 14.2 Å². The number of amides is 2. The molecule has 1 aromatic heterocycles. The number of nitrogens with one attached hydrogen (secondary N) is 2. The Morgan fingerprint density at radius 2 is 1.67 bits per heavy atom. The fourth-order valence-electron chi connectivity index (χ4n) is 2.11. The second kappa shape index (κ2) is 8.56. The highest BCUT2D eigenvalue weighted by Crippen LogP contribution is 2.39. The molecule has 8 nitrogen and oxygen atoms in total. The Balaban J connectivity index is 1.96. The van der Waals surface area contributed by atoms with Crippen LogP contribution in [0.25, 0.3) is 0 Å². The molecule has 0 spiro atoms. The number of rotatable bonds is 7. The number of urea groups is 1. The van der Waals surface area contributed by atoms with Crippen LogP contribution in [0.15, 0.2) is 30.9 Å². The Hall–Kier alpha value is -3.03. The number of aromatic nitrogens is 2. The van der Waals surface area contributed by atoms with E-state index in [0.29, 0.717) is 35.9 Å². The number of benzene rings is 1. The van der Waals surface area contributed by atoms with Crippen LogP contribution in [-0.2, 0) is 6.42 Å². The molecule has 0 aliphatic heterocycles. The summed E-state index contributed by atoms with van der Waals surface area (Å²) in [6.45, 7) is 0.462. The zero-order valence-electron chi connectivity index (χ0n) is 13.8. The third kappa shape index (κ3) is 4.48. The van der Waals surface area contributed by atoms with Gasteiger partial charge in [-0.1, -0.05) is 0 Å². The molecular weight excluding hydrogens is 312 g/mol. The molecule has 0 aliphatic rings. The van der Waals surface area contributed by atoms with Gasteiger partial charge >= 0.3 is 6.03 Å². The van der Waals surface area contributed by atoms with E-state index in [2.05, 4.69) is 20.6 Å². The van der Waals surface area contributed by atoms with Crippen molar-refractivity contribution < 1.29 is 19.0 Å². The standard InChI is InChI=1S/C16H20N4O4/c1-22-13-6-12(7-14(23-2)15(13)24-3)20-16(21)19-5-4-11-8-17-10-18-9-11/h6-10H,4-5H2,1-3H3,(H2,19,20,21). The summed E-state index contributed by atoms with van der Waals surface area (Å²) in [6.07, 6.45) is 5.54. The quantitative estimate of drug-likeness (QED) is 0.804. The normalized spacial score (nSPS) is 9.96. The van der Waals surface area contributed by atoms with Gasteiger partial charge in [-0.3, -0.25) is 0 Å². The molecule has 0 bridgehead atoms. The molecule has 0 saturated carbocycles. The van der Waals surface area contributed by atoms with Gasteiger partial charge in [0.1, 0.15) is 6.33 Å². The lowest BCUT2D eigenvalue weighted by Gasteiger charge is -2.15. The van der Waals surface area contributed by atoms with Gasteiger partial charge in [0.25, 0.3) is 0 Å². The smallest absolute Gasteiger partial charge is 0.319 e. The van der Waals surface area contributed by atoms with Crippen LogP contribution in [-0.4, -0.2) is 43.9 Å². The molecule has 0 radical (unpaired) electrons. The number of nitrogens with zero attached hydrogens (tertiary/aromatic N) is 2. The first-order valence-corrected chi connectivity index (χ1v) is 7.26. The summed E-state index contributed by atoms with van der Waals surface area (Å²) in [4.78, 5) is 19.8. The highest BCUT2D eigenvalue weighted by molar-refractivity contribution is 5.90. The average Bonchev–Trinajstić information content (AvgIpc) is 2.61. The zero-order valence-corrected chi connectivity index (χ0v) is 13.8. The molecule has 24 heavy (non-hydrogen) atoms. The molecule has 0 saturated heterocycles. The molecule has 0 atom stereocenters. The molecule has 128 valence electrons. The maximum Gasteiger partial charge on any atom is 0.319 e. The van der Waals surface area contributed by atoms with Crippen molar-refractivity contribution in [1.29, 1.82) is 0 Å². The number of hydrogen-bond acceptors (Lipinski definition) is 6. The van der Waals surface area contributed by atoms with Crippen molar-refractivity contribution in [1.82, 2.24) is 15.3 Å². The second-order valence-electron chi connectivity index (χ2n) is 4.79. The van der Waals surface area contributed by atoms with Gasteiger partial charge in [-0.25, -0.2) is 14.8 Å². The van der Waals surface area contributed by atoms with Gasteiger partial charge in [0, 0.05) is 31.1 Å². The Labute approximate surface area is 140 Å². The van der Waals surface area contributed by atoms with Crippen molar-refractivity contribution in [3.8, 4) is 17.2 Å². The Kier molecular flexibility index (Phi) is 6.18. The maximum atomic E-state index is 12.0. The number of anilines is 1. The predicted molar refractivity (Wildman–Crippen MR) is 88.9 cm³/mol. The summed E-state index contributed by atoms with van der Waals surface area (Å²) in [5, 5.41) is 5.50. The fraction of sp³-hybridized carbons (Fsp3) is 0.312. The highest BCUT2D eigenvalue weighted by atomic mass is 16.5. The van der Waals surface area contributed by atoms with E-state index >= 15 is 0 Å². The summed E-state index contributed by atoms with van der Waals surface area (Å²) in [5.74, 6) is 1.40. The predicted octanol–water partition coefficient (Wildman–Crippen LogP) is 1.87. The van der Waals surface area contributed by atoms with Gasteiger partial charge in [0.2, 0.25) is 5.75 Å². The molecule has 0 unspecified atom stereocenters. The Morgan fingerprint density at radius 1 is 1.04 bits per heavy atom. The minimum absolute atomic E-state index is 0.332. The topological polar surface area (TPSA) is 94.6 Å². The molecule has 0 fully saturated rings. The van der Waals surface area contributed by atoms with E-state index in [0.717, 1.165) is 5.56 Å². The summed E-state index contributed by atoms with van der Waals surface area (Å²) >= 11 is 0. The van der Waals surface area contributed by atoms with Gasteiger partial charge in [-0.2, -0.15) is 0 Å². The number of carbonyl (C=O) groups is 1. The highest BCUT2D eigenvalue weighted by Gasteiger charge is 2.14. The van der Waals surface area contributed by atoms with E-state index in [1.807, 2.05) is 0 Å². The lowest BCUT2D eigenvalue weighted by molar-refractivity contribution is 0.252. The third-order valence-electron chi connectivity index (χ3n) is 3.24. The van der Waals surface area contributed by atoms with Crippen molar-refractivity contribution in [3.05, 3.63) is 36.4 Å². The number of methoxy groups -OCH3 is 3. The molecule has 2 N–H and O–H groups in total. The van der Waals surface area contributed by atoms with E-state index < -0.39 is 0 Å². The van der Waals surface area contributed by atoms with Gasteiger partial charge in [-0.15, -0.1) is 0 Å². The first-order valence-electron chi connectivity index (χ1n) is 7.26. The van der Waals surface area contributed by atoms with Crippen LogP contribution in [0.2, 0.25) is 0 Å². The van der Waals surface area contributed by atoms with Crippen molar-refractivity contribution in [3.63, 3.8) is 0 Å². The van der Waals surface area contributed by atoms with Gasteiger partial charge < -0.3 is 24.8 Å². The van der Waals surface area contributed by atoms with Crippen LogP contribution < -0.4 is 24.8 Å². The summed E-state index contributed by atoms with van der Waals surface area (Å²) in [6, 6.07) is 2.99. The van der Waals surface area contributed by atoms with Crippen molar-refractivity contribution in [2.24, 2.45) is 0 Å². The second-order valence-corrected chi connectivity index (χ2v) is 4.79. The van der Waals surface area contributed by atoms with Gasteiger partial charge in [0.15, 0.2) is 11.5 Å². The van der Waals surface area contributed by atoms with Gasteiger partial charge in [0.05, 0.1) is 27.0 Å². The molecule has 1 heterocycles. The van der Waals surface area contributed by atoms with E-state index in [-0.39, 0.29) is 6.03 Å². The zero-order chi connectivity index (χ0) is 17.4. The van der Waals surface area contributed by atoms with Crippen LogP contribution in [0.5, 0.6) is 17.2 Å². The summed E-state index contributed by atoms with van der Waals surface area (Å²) < 4.78 is 15.7. The number of hydrogen-bond donors (Lipinski definition) is 2. The fourth-order valence-corrected chi connectivity index (χ4v) is 2.11. The minimum Gasteiger partial charge on any atom is -0.493 e. The molecule has 2 amide bonds. The average molecular weight is 332 g/mol. The Bertz CT molecular complexity index is 654. The molecule has 1 aromatic carbocycles. The SMILES string of the molecule is COc1cc(NC(=O)NCCc2cncnc2)cc(OC)c1OC. The van der Waals surface area contributed by atoms with E-state index in [1.165, 1.54) is 27.7 Å². The molecule has 0 aliphatic carbocycles. The van der Waals surface area contributed by atoms with Gasteiger partial charge in [-0.05, 0) is 12.0 Å². The van der Waals surface area contributed by atoms with Crippen LogP contribution in [0, 0.1) is 0 Å². The Morgan fingerprint density at radius 3 is 2.21 bits per heavy atom. The lowest BCUT2D eigenvalue weighted by Crippen LogP contribution is -2.30. The molecular formula is C16H20N4O4. The van der Waals surface area contributed by atoms with E-state index in [9.17, 15) is 4.79 Å². The lowest BCUT2D eigenvalue weighted by atomic mass is 10.2. The summed E-state index contributed by atoms with van der Waals surface area (Å²) in [5.41, 5.74) is 1.48. The molecule has 2 aromatic rings. The van der Waals surface area contributed by atoms with E-state index in [1.54, 1.807) is 24.5 Å². The number of carbonyl (C=O) groups excluding carboxylic acids is 1. The van der Waals surface area contributed by atoms with Crippen LogP contribution >= 0.6 is 0 Å². The minimum atomic E-state index is -0.332. The first kappa shape index (κ1) is 17.3. The number of ether oxygens (including phenoxy) is 3. The maximum absolute atomic E-state index is 12.0.